The fourth-order valence-electron chi connectivity index (χ4n) is 2.89. The van der Waals surface area contributed by atoms with Gasteiger partial charge in [0, 0.05) is 10.6 Å². The number of terminal acetylenes is 1. The maximum Gasteiger partial charge on any atom is 0.262 e. The number of nitrogens with one attached hydrogen (secondary N) is 2. The molecule has 34 heavy (non-hydrogen) atoms. The first-order chi connectivity index (χ1) is 16.2. The zero-order valence-electron chi connectivity index (χ0n) is 19.2. The summed E-state index contributed by atoms with van der Waals surface area (Å²) in [6, 6.07) is 11.0. The Balaban J connectivity index is 2.03. The first kappa shape index (κ1) is 27.0. The smallest absolute Gasteiger partial charge is 0.262 e. The van der Waals surface area contributed by atoms with E-state index in [0.717, 1.165) is 0 Å². The number of benzene rings is 2. The quantitative estimate of drug-likeness (QED) is 0.269. The molecule has 0 radical (unpaired) electrons. The fraction of sp³-hybridized carbons (Fsp3) is 0.320. The molecule has 0 aliphatic carbocycles. The maximum absolute atomic E-state index is 12.8. The number of carbonyl (C=O) groups is 2. The van der Waals surface area contributed by atoms with Crippen molar-refractivity contribution >= 4 is 41.2 Å². The van der Waals surface area contributed by atoms with Gasteiger partial charge in [-0.1, -0.05) is 55.1 Å². The van der Waals surface area contributed by atoms with Gasteiger partial charge >= 0.3 is 0 Å². The van der Waals surface area contributed by atoms with Crippen LogP contribution in [0.2, 0.25) is 10.0 Å². The summed E-state index contributed by atoms with van der Waals surface area (Å²) in [5.41, 5.74) is 3.12. The molecule has 0 aliphatic rings. The van der Waals surface area contributed by atoms with Crippen LogP contribution in [0.4, 0.5) is 0 Å². The minimum atomic E-state index is -0.898. The summed E-state index contributed by atoms with van der Waals surface area (Å²) in [5.74, 6) is 2.46. The second kappa shape index (κ2) is 13.5. The van der Waals surface area contributed by atoms with Crippen LogP contribution in [-0.4, -0.2) is 36.8 Å². The largest absolute Gasteiger partial charge is 0.480 e. The van der Waals surface area contributed by atoms with Gasteiger partial charge in [0.15, 0.2) is 6.10 Å². The molecule has 9 heteroatoms. The van der Waals surface area contributed by atoms with Crippen molar-refractivity contribution in [3.8, 4) is 23.8 Å². The molecule has 0 heterocycles. The summed E-state index contributed by atoms with van der Waals surface area (Å²) in [6.45, 7) is 5.57. The van der Waals surface area contributed by atoms with Crippen LogP contribution in [0.5, 0.6) is 11.5 Å². The van der Waals surface area contributed by atoms with E-state index in [1.807, 2.05) is 19.9 Å². The number of nitrogens with zero attached hydrogens (tertiary/aromatic N) is 1. The number of carbonyl (C=O) groups excluding carboxylic acids is 2. The van der Waals surface area contributed by atoms with Crippen molar-refractivity contribution in [2.24, 2.45) is 11.0 Å². The Hall–Kier alpha value is -3.21. The molecule has 180 valence electrons. The molecule has 7 nitrogen and oxygen atoms in total. The van der Waals surface area contributed by atoms with Gasteiger partial charge in [-0.05, 0) is 49.6 Å². The molecule has 0 fully saturated rings. The number of para-hydroxylation sites is 1. The van der Waals surface area contributed by atoms with Gasteiger partial charge in [-0.2, -0.15) is 5.10 Å². The molecule has 0 saturated heterocycles. The molecule has 0 aromatic heterocycles. The van der Waals surface area contributed by atoms with E-state index in [-0.39, 0.29) is 17.5 Å². The van der Waals surface area contributed by atoms with E-state index in [0.29, 0.717) is 28.5 Å². The van der Waals surface area contributed by atoms with Crippen molar-refractivity contribution in [3.05, 3.63) is 58.1 Å². The number of ether oxygens (including phenoxy) is 2. The normalized spacial score (nSPS) is 12.6. The molecule has 2 amide bonds. The average molecular weight is 504 g/mol. The Bertz CT molecular complexity index is 1070. The molecule has 2 aromatic carbocycles. The molecule has 2 rings (SSSR count). The Kier molecular flexibility index (Phi) is 10.7. The van der Waals surface area contributed by atoms with Crippen LogP contribution in [-0.2, 0) is 9.59 Å². The lowest BCUT2D eigenvalue weighted by atomic mass is 10.0. The second-order valence-corrected chi connectivity index (χ2v) is 8.63. The molecule has 2 atom stereocenters. The predicted molar refractivity (Wildman–Crippen MR) is 134 cm³/mol. The minimum absolute atomic E-state index is 0.112. The predicted octanol–water partition coefficient (Wildman–Crippen LogP) is 4.45. The highest BCUT2D eigenvalue weighted by Gasteiger charge is 2.25. The van der Waals surface area contributed by atoms with Crippen LogP contribution in [0.1, 0.15) is 32.8 Å². The lowest BCUT2D eigenvalue weighted by Crippen LogP contribution is -2.49. The van der Waals surface area contributed by atoms with Crippen molar-refractivity contribution in [1.82, 2.24) is 10.7 Å². The number of hydrogen-bond donors (Lipinski definition) is 2. The fourth-order valence-corrected chi connectivity index (χ4v) is 3.34. The third-order valence-corrected chi connectivity index (χ3v) is 5.05. The van der Waals surface area contributed by atoms with Gasteiger partial charge in [0.2, 0.25) is 0 Å². The van der Waals surface area contributed by atoms with E-state index in [9.17, 15) is 9.59 Å². The van der Waals surface area contributed by atoms with Crippen LogP contribution < -0.4 is 20.2 Å². The Morgan fingerprint density at radius 1 is 1.12 bits per heavy atom. The summed E-state index contributed by atoms with van der Waals surface area (Å²) < 4.78 is 11.1. The number of hydrogen-bond acceptors (Lipinski definition) is 5. The highest BCUT2D eigenvalue weighted by atomic mass is 35.5. The number of rotatable bonds is 11. The summed E-state index contributed by atoms with van der Waals surface area (Å²) in [4.78, 5) is 25.5. The third-order valence-electron chi connectivity index (χ3n) is 4.52. The summed E-state index contributed by atoms with van der Waals surface area (Å²) in [6.07, 6.45) is 6.19. The van der Waals surface area contributed by atoms with Crippen LogP contribution in [0.3, 0.4) is 0 Å². The molecule has 0 spiro atoms. The van der Waals surface area contributed by atoms with E-state index >= 15 is 0 Å². The third kappa shape index (κ3) is 8.62. The lowest BCUT2D eigenvalue weighted by molar-refractivity contribution is -0.132. The summed E-state index contributed by atoms with van der Waals surface area (Å²) >= 11 is 12.0. The Morgan fingerprint density at radius 2 is 1.85 bits per heavy atom. The number of halogens is 2. The molecule has 0 saturated carbocycles. The Morgan fingerprint density at radius 3 is 2.53 bits per heavy atom. The summed E-state index contributed by atoms with van der Waals surface area (Å²) in [7, 11) is 0. The minimum Gasteiger partial charge on any atom is -0.480 e. The summed E-state index contributed by atoms with van der Waals surface area (Å²) in [5, 5.41) is 7.47. The van der Waals surface area contributed by atoms with Gasteiger partial charge in [-0.25, -0.2) is 5.43 Å². The van der Waals surface area contributed by atoms with E-state index in [1.165, 1.54) is 12.3 Å². The van der Waals surface area contributed by atoms with Crippen molar-refractivity contribution in [3.63, 3.8) is 0 Å². The molecule has 0 unspecified atom stereocenters. The van der Waals surface area contributed by atoms with Gasteiger partial charge in [-0.3, -0.25) is 9.59 Å². The average Bonchev–Trinajstić information content (AvgIpc) is 2.79. The zero-order chi connectivity index (χ0) is 25.1. The zero-order valence-corrected chi connectivity index (χ0v) is 20.7. The standard InChI is InChI=1S/C25H27Cl2N3O4/c1-5-12-33-22-9-7-6-8-18(22)15-28-30-25(32)21(13-16(2)3)29-24(31)17(4)34-23-11-10-19(26)14-20(23)27/h1,6-11,14-17,21H,12-13H2,2-4H3,(H,29,31)(H,30,32)/b28-15-/t17-,21+/m0/s1. The van der Waals surface area contributed by atoms with Crippen molar-refractivity contribution < 1.29 is 19.1 Å². The highest BCUT2D eigenvalue weighted by molar-refractivity contribution is 6.35. The van der Waals surface area contributed by atoms with E-state index in [2.05, 4.69) is 21.8 Å². The van der Waals surface area contributed by atoms with Crippen LogP contribution >= 0.6 is 23.2 Å². The van der Waals surface area contributed by atoms with Crippen LogP contribution in [0.25, 0.3) is 0 Å². The maximum atomic E-state index is 12.8. The first-order valence-corrected chi connectivity index (χ1v) is 11.4. The number of amides is 2. The lowest BCUT2D eigenvalue weighted by Gasteiger charge is -2.22. The molecular weight excluding hydrogens is 477 g/mol. The van der Waals surface area contributed by atoms with E-state index in [1.54, 1.807) is 37.3 Å². The van der Waals surface area contributed by atoms with Crippen molar-refractivity contribution in [2.45, 2.75) is 39.3 Å². The van der Waals surface area contributed by atoms with Crippen LogP contribution in [0, 0.1) is 18.3 Å². The van der Waals surface area contributed by atoms with Crippen molar-refractivity contribution in [2.75, 3.05) is 6.61 Å². The van der Waals surface area contributed by atoms with Gasteiger partial charge in [0.1, 0.15) is 24.1 Å². The topological polar surface area (TPSA) is 89.0 Å². The van der Waals surface area contributed by atoms with E-state index < -0.39 is 24.0 Å². The SMILES string of the molecule is C#CCOc1ccccc1/C=N\NC(=O)[C@@H](CC(C)C)NC(=O)[C@H](C)Oc1ccc(Cl)cc1Cl. The molecule has 2 aromatic rings. The van der Waals surface area contributed by atoms with E-state index in [4.69, 9.17) is 39.1 Å². The monoisotopic (exact) mass is 503 g/mol. The van der Waals surface area contributed by atoms with Crippen molar-refractivity contribution in [1.29, 1.82) is 0 Å². The second-order valence-electron chi connectivity index (χ2n) is 7.79. The Labute approximate surface area is 209 Å². The molecule has 2 N–H and O–H groups in total. The number of hydrazone groups is 1. The van der Waals surface area contributed by atoms with Crippen LogP contribution in [0.15, 0.2) is 47.6 Å². The van der Waals surface area contributed by atoms with Gasteiger partial charge in [-0.15, -0.1) is 6.42 Å². The van der Waals surface area contributed by atoms with Gasteiger partial charge in [0.25, 0.3) is 11.8 Å². The molecule has 0 aliphatic heterocycles. The molecular formula is C25H27Cl2N3O4. The van der Waals surface area contributed by atoms with Gasteiger partial charge in [0.05, 0.1) is 11.2 Å². The first-order valence-electron chi connectivity index (χ1n) is 10.6. The molecule has 0 bridgehead atoms. The highest BCUT2D eigenvalue weighted by Crippen LogP contribution is 2.28. The van der Waals surface area contributed by atoms with Gasteiger partial charge < -0.3 is 14.8 Å².